The number of aliphatic hydroxyl groups excluding tert-OH is 1. The summed E-state index contributed by atoms with van der Waals surface area (Å²) < 4.78 is 2.15. The van der Waals surface area contributed by atoms with Gasteiger partial charge >= 0.3 is 0 Å². The number of ketones is 1. The summed E-state index contributed by atoms with van der Waals surface area (Å²) in [6.45, 7) is 8.81. The van der Waals surface area contributed by atoms with Crippen molar-refractivity contribution in [2.75, 3.05) is 19.0 Å². The first-order valence-corrected chi connectivity index (χ1v) is 12.2. The average Bonchev–Trinajstić information content (AvgIpc) is 3.27. The number of hydrogen-bond acceptors (Lipinski definition) is 3. The quantitative estimate of drug-likeness (QED) is 0.440. The highest BCUT2D eigenvalue weighted by molar-refractivity contribution is 6.23. The molecule has 4 nitrogen and oxygen atoms in total. The van der Waals surface area contributed by atoms with Crippen molar-refractivity contribution in [3.8, 4) is 0 Å². The Morgan fingerprint density at radius 1 is 0.912 bits per heavy atom. The van der Waals surface area contributed by atoms with Gasteiger partial charge in [-0.1, -0.05) is 64.1 Å². The standard InChI is InChI=1S/C30H32N2O2/c1-17(2)27-19-11-7-9-13-23(19)31(5)25(27)15-21-29(33)22(30(21)34)16-26-28(18(3)4)20-12-8-10-14-24(20)32(26)6/h7-18,27-28H,1-6H3/p+1. The fraction of sp³-hybridized carbons (Fsp3) is 0.333. The number of carbonyl (C=O) groups is 1. The Balaban J connectivity index is 1.54. The number of fused-ring (bicyclic) bond motifs is 2. The molecule has 2 atom stereocenters. The Hall–Kier alpha value is -3.40. The molecule has 2 aliphatic heterocycles. The van der Waals surface area contributed by atoms with E-state index in [1.165, 1.54) is 11.1 Å². The molecular weight excluding hydrogens is 420 g/mol. The largest absolute Gasteiger partial charge is 0.506 e. The van der Waals surface area contributed by atoms with E-state index in [0.29, 0.717) is 23.0 Å². The smallest absolute Gasteiger partial charge is 0.209 e. The van der Waals surface area contributed by atoms with Crippen molar-refractivity contribution in [2.45, 2.75) is 39.5 Å². The maximum absolute atomic E-state index is 13.3. The predicted octanol–water partition coefficient (Wildman–Crippen LogP) is 6.25. The molecule has 2 aromatic rings. The zero-order valence-electron chi connectivity index (χ0n) is 20.8. The maximum Gasteiger partial charge on any atom is 0.209 e. The Bertz CT molecular complexity index is 1320. The van der Waals surface area contributed by atoms with E-state index in [-0.39, 0.29) is 23.4 Å². The van der Waals surface area contributed by atoms with Crippen LogP contribution in [-0.2, 0) is 4.79 Å². The minimum Gasteiger partial charge on any atom is -0.506 e. The summed E-state index contributed by atoms with van der Waals surface area (Å²) in [7, 11) is 4.08. The predicted molar refractivity (Wildman–Crippen MR) is 138 cm³/mol. The number of Topliss-reactive ketones (excluding diaryl/α,β-unsaturated/α-hetero) is 1. The molecule has 174 valence electrons. The van der Waals surface area contributed by atoms with Gasteiger partial charge < -0.3 is 10.0 Å². The van der Waals surface area contributed by atoms with E-state index in [4.69, 9.17) is 0 Å². The molecular formula is C30H33N2O2+. The fourth-order valence-electron chi connectivity index (χ4n) is 5.91. The van der Waals surface area contributed by atoms with E-state index in [1.807, 2.05) is 38.4 Å². The lowest BCUT2D eigenvalue weighted by molar-refractivity contribution is -0.401. The highest BCUT2D eigenvalue weighted by Crippen LogP contribution is 2.48. The van der Waals surface area contributed by atoms with Crippen molar-refractivity contribution in [3.63, 3.8) is 0 Å². The molecule has 1 aliphatic carbocycles. The van der Waals surface area contributed by atoms with E-state index in [0.717, 1.165) is 22.8 Å². The third-order valence-corrected chi connectivity index (χ3v) is 7.60. The number of likely N-dealkylation sites (N-methyl/N-ethyl adjacent to an activating group) is 1. The molecule has 0 saturated heterocycles. The van der Waals surface area contributed by atoms with Crippen LogP contribution in [0.3, 0.4) is 0 Å². The number of allylic oxidation sites excluding steroid dienone is 5. The first-order chi connectivity index (χ1) is 16.2. The minimum atomic E-state index is -0.0868. The Morgan fingerprint density at radius 2 is 1.53 bits per heavy atom. The van der Waals surface area contributed by atoms with Crippen LogP contribution in [0.15, 0.2) is 83.3 Å². The lowest BCUT2D eigenvalue weighted by Gasteiger charge is -2.25. The van der Waals surface area contributed by atoms with Gasteiger partial charge in [0.2, 0.25) is 11.5 Å². The number of benzene rings is 2. The maximum atomic E-state index is 13.3. The summed E-state index contributed by atoms with van der Waals surface area (Å²) in [6.07, 6.45) is 3.80. The monoisotopic (exact) mass is 453 g/mol. The Kier molecular flexibility index (Phi) is 5.35. The summed E-state index contributed by atoms with van der Waals surface area (Å²) in [5.74, 6) is 1.14. The lowest BCUT2D eigenvalue weighted by atomic mass is 9.80. The first kappa shape index (κ1) is 22.4. The van der Waals surface area contributed by atoms with E-state index in [2.05, 4.69) is 73.6 Å². The van der Waals surface area contributed by atoms with Gasteiger partial charge in [-0.3, -0.25) is 4.79 Å². The lowest BCUT2D eigenvalue weighted by Crippen LogP contribution is -2.26. The van der Waals surface area contributed by atoms with E-state index in [1.54, 1.807) is 0 Å². The van der Waals surface area contributed by atoms with Crippen LogP contribution >= 0.6 is 0 Å². The number of para-hydroxylation sites is 2. The van der Waals surface area contributed by atoms with Gasteiger partial charge in [0.1, 0.15) is 12.8 Å². The van der Waals surface area contributed by atoms with Gasteiger partial charge in [0, 0.05) is 42.1 Å². The number of anilines is 1. The molecule has 4 heteroatoms. The topological polar surface area (TPSA) is 43.6 Å². The number of nitrogens with zero attached hydrogens (tertiary/aromatic N) is 2. The summed E-state index contributed by atoms with van der Waals surface area (Å²) in [5, 5.41) is 11.0. The minimum absolute atomic E-state index is 0.0868. The van der Waals surface area contributed by atoms with Crippen molar-refractivity contribution in [1.29, 1.82) is 0 Å². The van der Waals surface area contributed by atoms with Crippen LogP contribution in [0.25, 0.3) is 0 Å². The molecule has 0 radical (unpaired) electrons. The third-order valence-electron chi connectivity index (χ3n) is 7.60. The third kappa shape index (κ3) is 3.19. The zero-order chi connectivity index (χ0) is 24.3. The van der Waals surface area contributed by atoms with Gasteiger partial charge in [0.25, 0.3) is 0 Å². The van der Waals surface area contributed by atoms with Crippen LogP contribution in [0.4, 0.5) is 11.4 Å². The first-order valence-electron chi connectivity index (χ1n) is 12.2. The molecule has 0 saturated carbocycles. The van der Waals surface area contributed by atoms with Crippen molar-refractivity contribution in [3.05, 3.63) is 94.4 Å². The van der Waals surface area contributed by atoms with Crippen molar-refractivity contribution in [1.82, 2.24) is 0 Å². The molecule has 2 unspecified atom stereocenters. The summed E-state index contributed by atoms with van der Waals surface area (Å²) in [5.41, 5.74) is 7.81. The average molecular weight is 454 g/mol. The van der Waals surface area contributed by atoms with Crippen LogP contribution < -0.4 is 4.90 Å². The van der Waals surface area contributed by atoms with Crippen molar-refractivity contribution >= 4 is 22.9 Å². The van der Waals surface area contributed by atoms with E-state index >= 15 is 0 Å². The van der Waals surface area contributed by atoms with Crippen LogP contribution in [0, 0.1) is 11.8 Å². The molecule has 0 amide bonds. The van der Waals surface area contributed by atoms with Crippen LogP contribution in [-0.4, -0.2) is 35.3 Å². The number of carbonyl (C=O) groups excluding carboxylic acids is 1. The number of hydrogen-bond donors (Lipinski definition) is 1. The highest BCUT2D eigenvalue weighted by Gasteiger charge is 2.42. The molecule has 2 aromatic carbocycles. The molecule has 34 heavy (non-hydrogen) atoms. The van der Waals surface area contributed by atoms with Gasteiger partial charge in [-0.05, 0) is 29.5 Å². The molecule has 0 bridgehead atoms. The highest BCUT2D eigenvalue weighted by atomic mass is 16.3. The second kappa shape index (κ2) is 8.12. The van der Waals surface area contributed by atoms with E-state index < -0.39 is 0 Å². The molecule has 2 heterocycles. The molecule has 5 rings (SSSR count). The normalized spacial score (nSPS) is 24.1. The molecule has 0 aromatic heterocycles. The summed E-state index contributed by atoms with van der Waals surface area (Å²) in [4.78, 5) is 15.4. The van der Waals surface area contributed by atoms with Gasteiger partial charge in [0.15, 0.2) is 5.71 Å². The van der Waals surface area contributed by atoms with Crippen LogP contribution in [0.5, 0.6) is 0 Å². The van der Waals surface area contributed by atoms with Crippen LogP contribution in [0.1, 0.15) is 50.7 Å². The summed E-state index contributed by atoms with van der Waals surface area (Å²) >= 11 is 0. The molecule has 3 aliphatic rings. The SMILES string of the molecule is CC(C)C1C(/C=C2\C(=O)C(/C=C3/C(C(C)C)c4ccccc4N3C)=C2O)=[N+](C)c2ccccc21. The van der Waals surface area contributed by atoms with Crippen LogP contribution in [0.2, 0.25) is 0 Å². The molecule has 1 N–H and O–H groups in total. The Labute approximate surface area is 202 Å². The van der Waals surface area contributed by atoms with Gasteiger partial charge in [-0.2, -0.15) is 4.58 Å². The summed E-state index contributed by atoms with van der Waals surface area (Å²) in [6, 6.07) is 16.8. The fourth-order valence-corrected chi connectivity index (χ4v) is 5.91. The van der Waals surface area contributed by atoms with E-state index in [9.17, 15) is 9.90 Å². The second-order valence-electron chi connectivity index (χ2n) is 10.3. The number of rotatable bonds is 4. The zero-order valence-corrected chi connectivity index (χ0v) is 20.8. The second-order valence-corrected chi connectivity index (χ2v) is 10.3. The van der Waals surface area contributed by atoms with Crippen molar-refractivity contribution < 1.29 is 14.5 Å². The number of aliphatic hydroxyl groups is 1. The molecule has 0 fully saturated rings. The van der Waals surface area contributed by atoms with Gasteiger partial charge in [-0.25, -0.2) is 0 Å². The molecule has 0 spiro atoms. The van der Waals surface area contributed by atoms with Gasteiger partial charge in [0.05, 0.1) is 17.1 Å². The van der Waals surface area contributed by atoms with Gasteiger partial charge in [-0.15, -0.1) is 0 Å². The Morgan fingerprint density at radius 3 is 2.18 bits per heavy atom. The van der Waals surface area contributed by atoms with Crippen molar-refractivity contribution in [2.24, 2.45) is 11.8 Å².